The van der Waals surface area contributed by atoms with Crippen LogP contribution >= 0.6 is 0 Å². The lowest BCUT2D eigenvalue weighted by atomic mass is 10.00. The molecule has 0 radical (unpaired) electrons. The lowest BCUT2D eigenvalue weighted by Crippen LogP contribution is -2.04. The molecule has 0 aromatic heterocycles. The molecule has 1 nitrogen and oxygen atoms in total. The summed E-state index contributed by atoms with van der Waals surface area (Å²) >= 11 is 0. The van der Waals surface area contributed by atoms with Crippen LogP contribution in [0.4, 0.5) is 13.2 Å². The topological polar surface area (TPSA) is 17.1 Å². The Bertz CT molecular complexity index is 627. The van der Waals surface area contributed by atoms with E-state index >= 15 is 0 Å². The molecule has 0 heterocycles. The summed E-state index contributed by atoms with van der Waals surface area (Å²) in [5.74, 6) is 0.122. The minimum Gasteiger partial charge on any atom is -0.300 e. The van der Waals surface area contributed by atoms with Crippen molar-refractivity contribution in [3.8, 4) is 11.1 Å². The Kier molecular flexibility index (Phi) is 4.46. The van der Waals surface area contributed by atoms with Crippen molar-refractivity contribution >= 4 is 5.78 Å². The molecule has 4 heteroatoms. The van der Waals surface area contributed by atoms with Gasteiger partial charge >= 0.3 is 6.18 Å². The van der Waals surface area contributed by atoms with Crippen molar-refractivity contribution < 1.29 is 18.0 Å². The van der Waals surface area contributed by atoms with E-state index in [-0.39, 0.29) is 5.78 Å². The third-order valence-corrected chi connectivity index (χ3v) is 3.24. The highest BCUT2D eigenvalue weighted by atomic mass is 19.4. The lowest BCUT2D eigenvalue weighted by molar-refractivity contribution is -0.137. The van der Waals surface area contributed by atoms with E-state index in [2.05, 4.69) is 0 Å². The van der Waals surface area contributed by atoms with Gasteiger partial charge in [0.15, 0.2) is 0 Å². The summed E-state index contributed by atoms with van der Waals surface area (Å²) < 4.78 is 38.1. The Hall–Kier alpha value is -2.10. The highest BCUT2D eigenvalue weighted by molar-refractivity contribution is 5.75. The highest BCUT2D eigenvalue weighted by Gasteiger charge is 2.30. The van der Waals surface area contributed by atoms with E-state index < -0.39 is 11.7 Å². The number of carbonyl (C=O) groups excluding carboxylic acids is 1. The molecule has 0 spiro atoms. The summed E-state index contributed by atoms with van der Waals surface area (Å²) in [5.41, 5.74) is 1.61. The van der Waals surface area contributed by atoms with Crippen molar-refractivity contribution in [3.05, 3.63) is 59.7 Å². The minimum atomic E-state index is -4.34. The quantitative estimate of drug-likeness (QED) is 0.783. The van der Waals surface area contributed by atoms with Gasteiger partial charge in [-0.05, 0) is 42.2 Å². The monoisotopic (exact) mass is 292 g/mol. The maximum absolute atomic E-state index is 12.7. The van der Waals surface area contributed by atoms with Crippen molar-refractivity contribution in [1.82, 2.24) is 0 Å². The predicted octanol–water partition coefficient (Wildman–Crippen LogP) is 4.89. The highest BCUT2D eigenvalue weighted by Crippen LogP contribution is 2.32. The van der Waals surface area contributed by atoms with Gasteiger partial charge in [0.25, 0.3) is 0 Å². The van der Waals surface area contributed by atoms with Gasteiger partial charge < -0.3 is 4.79 Å². The van der Waals surface area contributed by atoms with E-state index in [1.54, 1.807) is 18.2 Å². The summed E-state index contributed by atoms with van der Waals surface area (Å²) in [6.07, 6.45) is -3.21. The Balaban J connectivity index is 2.21. The number of aryl methyl sites for hydroxylation is 1. The zero-order valence-electron chi connectivity index (χ0n) is 11.6. The Labute approximate surface area is 121 Å². The second-order valence-corrected chi connectivity index (χ2v) is 4.98. The number of Topliss-reactive ketones (excluding diaryl/α,β-unsaturated/α-hetero) is 1. The number of ketones is 1. The number of benzene rings is 2. The van der Waals surface area contributed by atoms with Gasteiger partial charge in [0.05, 0.1) is 5.56 Å². The molecule has 0 aliphatic heterocycles. The SMILES string of the molecule is CC(=O)CCc1ccc(-c2cccc(C(F)(F)F)c2)cc1. The molecule has 0 N–H and O–H groups in total. The van der Waals surface area contributed by atoms with Crippen LogP contribution in [0.15, 0.2) is 48.5 Å². The van der Waals surface area contributed by atoms with Gasteiger partial charge in [0.2, 0.25) is 0 Å². The second kappa shape index (κ2) is 6.12. The number of halogens is 3. The number of alkyl halides is 3. The second-order valence-electron chi connectivity index (χ2n) is 4.98. The molecule has 0 amide bonds. The van der Waals surface area contributed by atoms with Gasteiger partial charge in [-0.1, -0.05) is 36.4 Å². The van der Waals surface area contributed by atoms with Crippen LogP contribution in [0.3, 0.4) is 0 Å². The maximum Gasteiger partial charge on any atom is 0.416 e. The van der Waals surface area contributed by atoms with Crippen molar-refractivity contribution in [2.24, 2.45) is 0 Å². The molecular formula is C17H15F3O. The summed E-state index contributed by atoms with van der Waals surface area (Å²) in [7, 11) is 0. The van der Waals surface area contributed by atoms with E-state index in [1.807, 2.05) is 12.1 Å². The van der Waals surface area contributed by atoms with Crippen molar-refractivity contribution in [1.29, 1.82) is 0 Å². The van der Waals surface area contributed by atoms with Gasteiger partial charge in [-0.3, -0.25) is 0 Å². The molecule has 0 bridgehead atoms. The van der Waals surface area contributed by atoms with Crippen LogP contribution in [0, 0.1) is 0 Å². The molecule has 2 aromatic rings. The first kappa shape index (κ1) is 15.3. The first-order valence-corrected chi connectivity index (χ1v) is 6.62. The third-order valence-electron chi connectivity index (χ3n) is 3.24. The van der Waals surface area contributed by atoms with Gasteiger partial charge in [-0.25, -0.2) is 0 Å². The molecule has 0 aliphatic carbocycles. The molecule has 0 atom stereocenters. The Morgan fingerprint density at radius 1 is 1.00 bits per heavy atom. The van der Waals surface area contributed by atoms with E-state index in [9.17, 15) is 18.0 Å². The van der Waals surface area contributed by atoms with Gasteiger partial charge in [0, 0.05) is 6.42 Å². The summed E-state index contributed by atoms with van der Waals surface area (Å²) in [4.78, 5) is 10.9. The maximum atomic E-state index is 12.7. The van der Waals surface area contributed by atoms with Crippen molar-refractivity contribution in [2.75, 3.05) is 0 Å². The largest absolute Gasteiger partial charge is 0.416 e. The van der Waals surface area contributed by atoms with E-state index in [0.717, 1.165) is 23.3 Å². The fourth-order valence-electron chi connectivity index (χ4n) is 2.06. The normalized spacial score (nSPS) is 11.4. The molecule has 110 valence electrons. The molecule has 2 aromatic carbocycles. The van der Waals surface area contributed by atoms with Crippen molar-refractivity contribution in [2.45, 2.75) is 25.9 Å². The summed E-state index contributed by atoms with van der Waals surface area (Å²) in [6, 6.07) is 12.5. The number of rotatable bonds is 4. The van der Waals surface area contributed by atoms with Crippen LogP contribution in [0.2, 0.25) is 0 Å². The molecule has 0 fully saturated rings. The molecule has 0 unspecified atom stereocenters. The van der Waals surface area contributed by atoms with Crippen LogP contribution < -0.4 is 0 Å². The number of carbonyl (C=O) groups is 1. The van der Waals surface area contributed by atoms with Gasteiger partial charge in [0.1, 0.15) is 5.78 Å². The Morgan fingerprint density at radius 3 is 2.24 bits per heavy atom. The van der Waals surface area contributed by atoms with Crippen molar-refractivity contribution in [3.63, 3.8) is 0 Å². The van der Waals surface area contributed by atoms with E-state index in [4.69, 9.17) is 0 Å². The first-order chi connectivity index (χ1) is 9.86. The average molecular weight is 292 g/mol. The smallest absolute Gasteiger partial charge is 0.300 e. The van der Waals surface area contributed by atoms with E-state index in [1.165, 1.54) is 13.0 Å². The van der Waals surface area contributed by atoms with Crippen LogP contribution in [-0.4, -0.2) is 5.78 Å². The third kappa shape index (κ3) is 4.18. The van der Waals surface area contributed by atoms with Crippen LogP contribution in [0.1, 0.15) is 24.5 Å². The predicted molar refractivity (Wildman–Crippen MR) is 75.9 cm³/mol. The number of hydrogen-bond acceptors (Lipinski definition) is 1. The molecular weight excluding hydrogens is 277 g/mol. The molecule has 2 rings (SSSR count). The zero-order chi connectivity index (χ0) is 15.5. The molecule has 0 saturated heterocycles. The first-order valence-electron chi connectivity index (χ1n) is 6.62. The lowest BCUT2D eigenvalue weighted by Gasteiger charge is -2.09. The molecule has 0 aliphatic rings. The fourth-order valence-corrected chi connectivity index (χ4v) is 2.06. The van der Waals surface area contributed by atoms with Crippen LogP contribution in [-0.2, 0) is 17.4 Å². The number of hydrogen-bond donors (Lipinski definition) is 0. The van der Waals surface area contributed by atoms with Gasteiger partial charge in [-0.2, -0.15) is 13.2 Å². The molecule has 21 heavy (non-hydrogen) atoms. The summed E-state index contributed by atoms with van der Waals surface area (Å²) in [6.45, 7) is 1.54. The van der Waals surface area contributed by atoms with Crippen LogP contribution in [0.5, 0.6) is 0 Å². The fraction of sp³-hybridized carbons (Fsp3) is 0.235. The van der Waals surface area contributed by atoms with Gasteiger partial charge in [-0.15, -0.1) is 0 Å². The molecule has 0 saturated carbocycles. The minimum absolute atomic E-state index is 0.122. The average Bonchev–Trinajstić information content (AvgIpc) is 2.45. The standard InChI is InChI=1S/C17H15F3O/c1-12(21)5-6-13-7-9-14(10-8-13)15-3-2-4-16(11-15)17(18,19)20/h2-4,7-11H,5-6H2,1H3. The Morgan fingerprint density at radius 2 is 1.67 bits per heavy atom. The zero-order valence-corrected chi connectivity index (χ0v) is 11.6. The van der Waals surface area contributed by atoms with Crippen LogP contribution in [0.25, 0.3) is 11.1 Å². The van der Waals surface area contributed by atoms with E-state index in [0.29, 0.717) is 18.4 Å². The summed E-state index contributed by atoms with van der Waals surface area (Å²) in [5, 5.41) is 0.